The second-order valence-corrected chi connectivity index (χ2v) is 6.81. The third kappa shape index (κ3) is 2.53. The fraction of sp³-hybridized carbons (Fsp3) is 1.00. The third-order valence-electron chi connectivity index (χ3n) is 5.27. The topological polar surface area (TPSA) is 29.3 Å². The first-order chi connectivity index (χ1) is 8.08. The maximum Gasteiger partial charge on any atom is 0.0357 e. The van der Waals surface area contributed by atoms with Gasteiger partial charge in [0.05, 0.1) is 0 Å². The van der Waals surface area contributed by atoms with Crippen LogP contribution in [0.5, 0.6) is 0 Å². The van der Waals surface area contributed by atoms with Gasteiger partial charge in [0.25, 0.3) is 0 Å². The summed E-state index contributed by atoms with van der Waals surface area (Å²) in [5.41, 5.74) is 6.53. The van der Waals surface area contributed by atoms with E-state index in [-0.39, 0.29) is 0 Å². The first-order valence-electron chi connectivity index (χ1n) is 7.53. The number of nitrogens with two attached hydrogens (primary N) is 1. The Balaban J connectivity index is 2.15. The highest BCUT2D eigenvalue weighted by Crippen LogP contribution is 2.40. The summed E-state index contributed by atoms with van der Waals surface area (Å²) in [5.74, 6) is 2.46. The van der Waals surface area contributed by atoms with Crippen LogP contribution < -0.4 is 5.73 Å². The second kappa shape index (κ2) is 5.27. The molecule has 100 valence electrons. The van der Waals surface area contributed by atoms with Gasteiger partial charge in [0.1, 0.15) is 0 Å². The molecule has 0 amide bonds. The zero-order valence-electron chi connectivity index (χ0n) is 11.9. The molecule has 2 rings (SSSR count). The van der Waals surface area contributed by atoms with E-state index >= 15 is 0 Å². The molecule has 0 radical (unpaired) electrons. The van der Waals surface area contributed by atoms with Gasteiger partial charge in [-0.2, -0.15) is 0 Å². The minimum absolute atomic E-state index is 0.321. The van der Waals surface area contributed by atoms with Crippen LogP contribution in [0.25, 0.3) is 0 Å². The predicted molar refractivity (Wildman–Crippen MR) is 73.9 cm³/mol. The Labute approximate surface area is 107 Å². The van der Waals surface area contributed by atoms with Gasteiger partial charge in [-0.15, -0.1) is 0 Å². The van der Waals surface area contributed by atoms with Gasteiger partial charge in [0, 0.05) is 25.2 Å². The monoisotopic (exact) mass is 238 g/mol. The summed E-state index contributed by atoms with van der Waals surface area (Å²) in [6.07, 6.45) is 6.87. The number of hydrogen-bond acceptors (Lipinski definition) is 2. The lowest BCUT2D eigenvalue weighted by Crippen LogP contribution is -2.62. The van der Waals surface area contributed by atoms with E-state index in [0.717, 1.165) is 24.3 Å². The van der Waals surface area contributed by atoms with Crippen molar-refractivity contribution < 1.29 is 0 Å². The van der Waals surface area contributed by atoms with Crippen LogP contribution >= 0.6 is 0 Å². The van der Waals surface area contributed by atoms with E-state index < -0.39 is 0 Å². The van der Waals surface area contributed by atoms with Crippen LogP contribution in [0.1, 0.15) is 52.9 Å². The lowest BCUT2D eigenvalue weighted by atomic mass is 9.71. The zero-order valence-corrected chi connectivity index (χ0v) is 11.9. The maximum absolute atomic E-state index is 6.21. The maximum atomic E-state index is 6.21. The van der Waals surface area contributed by atoms with Crippen molar-refractivity contribution >= 4 is 0 Å². The van der Waals surface area contributed by atoms with E-state index in [1.807, 2.05) is 0 Å². The summed E-state index contributed by atoms with van der Waals surface area (Å²) in [4.78, 5) is 2.76. The Hall–Kier alpha value is -0.0800. The molecule has 0 bridgehead atoms. The molecule has 2 fully saturated rings. The summed E-state index contributed by atoms with van der Waals surface area (Å²) in [6, 6.07) is 0. The summed E-state index contributed by atoms with van der Waals surface area (Å²) < 4.78 is 0. The number of piperidine rings is 1. The van der Waals surface area contributed by atoms with Gasteiger partial charge >= 0.3 is 0 Å². The molecule has 17 heavy (non-hydrogen) atoms. The van der Waals surface area contributed by atoms with Crippen molar-refractivity contribution in [3.63, 3.8) is 0 Å². The van der Waals surface area contributed by atoms with Crippen molar-refractivity contribution in [3.05, 3.63) is 0 Å². The Kier molecular flexibility index (Phi) is 4.14. The van der Waals surface area contributed by atoms with Gasteiger partial charge in [0.15, 0.2) is 0 Å². The quantitative estimate of drug-likeness (QED) is 0.801. The van der Waals surface area contributed by atoms with Crippen LogP contribution in [0.3, 0.4) is 0 Å². The highest BCUT2D eigenvalue weighted by Gasteiger charge is 2.43. The van der Waals surface area contributed by atoms with Crippen molar-refractivity contribution in [3.8, 4) is 0 Å². The molecular formula is C15H30N2. The fourth-order valence-corrected chi connectivity index (χ4v) is 4.33. The Morgan fingerprint density at radius 2 is 1.76 bits per heavy atom. The Morgan fingerprint density at radius 1 is 1.12 bits per heavy atom. The van der Waals surface area contributed by atoms with Gasteiger partial charge in [-0.1, -0.05) is 33.6 Å². The summed E-state index contributed by atoms with van der Waals surface area (Å²) in [5, 5.41) is 0. The molecule has 1 heterocycles. The van der Waals surface area contributed by atoms with Crippen LogP contribution in [-0.2, 0) is 0 Å². The van der Waals surface area contributed by atoms with E-state index in [4.69, 9.17) is 5.73 Å². The molecule has 0 spiro atoms. The van der Waals surface area contributed by atoms with Crippen molar-refractivity contribution in [2.75, 3.05) is 19.6 Å². The van der Waals surface area contributed by atoms with E-state index in [1.165, 1.54) is 45.2 Å². The number of hydrogen-bond donors (Lipinski definition) is 1. The van der Waals surface area contributed by atoms with Crippen molar-refractivity contribution in [1.29, 1.82) is 0 Å². The first-order valence-corrected chi connectivity index (χ1v) is 7.53. The first kappa shape index (κ1) is 13.4. The van der Waals surface area contributed by atoms with E-state index in [0.29, 0.717) is 5.54 Å². The molecule has 4 unspecified atom stereocenters. The SMILES string of the molecule is CC1CC(C)CN(C2(CN)CCCCC2C)C1. The minimum atomic E-state index is 0.321. The standard InChI is InChI=1S/C15H30N2/c1-12-8-13(2)10-17(9-12)15(11-16)7-5-4-6-14(15)3/h12-14H,4-11,16H2,1-3H3. The average molecular weight is 238 g/mol. The lowest BCUT2D eigenvalue weighted by molar-refractivity contribution is -0.0271. The molecule has 0 aromatic heterocycles. The van der Waals surface area contributed by atoms with Gasteiger partial charge in [0.2, 0.25) is 0 Å². The lowest BCUT2D eigenvalue weighted by Gasteiger charge is -2.53. The van der Waals surface area contributed by atoms with Gasteiger partial charge in [-0.25, -0.2) is 0 Å². The molecule has 0 aromatic rings. The highest BCUT2D eigenvalue weighted by molar-refractivity contribution is 5.00. The van der Waals surface area contributed by atoms with Crippen molar-refractivity contribution in [1.82, 2.24) is 4.90 Å². The van der Waals surface area contributed by atoms with Crippen LogP contribution in [0.2, 0.25) is 0 Å². The molecule has 2 nitrogen and oxygen atoms in total. The Morgan fingerprint density at radius 3 is 2.29 bits per heavy atom. The average Bonchev–Trinajstić information content (AvgIpc) is 2.28. The summed E-state index contributed by atoms with van der Waals surface area (Å²) in [7, 11) is 0. The van der Waals surface area contributed by atoms with Gasteiger partial charge in [-0.3, -0.25) is 4.90 Å². The van der Waals surface area contributed by atoms with Crippen LogP contribution in [0.4, 0.5) is 0 Å². The third-order valence-corrected chi connectivity index (χ3v) is 5.27. The fourth-order valence-electron chi connectivity index (χ4n) is 4.33. The van der Waals surface area contributed by atoms with Crippen molar-refractivity contribution in [2.45, 2.75) is 58.4 Å². The molecular weight excluding hydrogens is 208 g/mol. The number of rotatable bonds is 2. The molecule has 1 saturated heterocycles. The molecule has 0 aromatic carbocycles. The molecule has 1 saturated carbocycles. The van der Waals surface area contributed by atoms with E-state index in [2.05, 4.69) is 25.7 Å². The normalized spacial score (nSPS) is 44.8. The summed E-state index contributed by atoms with van der Waals surface area (Å²) >= 11 is 0. The Bertz CT molecular complexity index is 243. The number of nitrogens with zero attached hydrogens (tertiary/aromatic N) is 1. The zero-order chi connectivity index (χ0) is 12.5. The number of likely N-dealkylation sites (tertiary alicyclic amines) is 1. The van der Waals surface area contributed by atoms with Crippen LogP contribution in [-0.4, -0.2) is 30.1 Å². The second-order valence-electron chi connectivity index (χ2n) is 6.81. The van der Waals surface area contributed by atoms with E-state index in [9.17, 15) is 0 Å². The molecule has 1 aliphatic carbocycles. The molecule has 1 aliphatic heterocycles. The van der Waals surface area contributed by atoms with Crippen molar-refractivity contribution in [2.24, 2.45) is 23.5 Å². The molecule has 2 N–H and O–H groups in total. The molecule has 2 heteroatoms. The smallest absolute Gasteiger partial charge is 0.0357 e. The van der Waals surface area contributed by atoms with Crippen LogP contribution in [0.15, 0.2) is 0 Å². The highest BCUT2D eigenvalue weighted by atomic mass is 15.2. The minimum Gasteiger partial charge on any atom is -0.329 e. The van der Waals surface area contributed by atoms with Gasteiger partial charge < -0.3 is 5.73 Å². The molecule has 2 aliphatic rings. The van der Waals surface area contributed by atoms with Gasteiger partial charge in [-0.05, 0) is 37.0 Å². The summed E-state index contributed by atoms with van der Waals surface area (Å²) in [6.45, 7) is 10.6. The van der Waals surface area contributed by atoms with Crippen LogP contribution in [0, 0.1) is 17.8 Å². The van der Waals surface area contributed by atoms with E-state index in [1.54, 1.807) is 0 Å². The predicted octanol–water partition coefficient (Wildman–Crippen LogP) is 2.87. The molecule has 4 atom stereocenters. The largest absolute Gasteiger partial charge is 0.329 e.